The summed E-state index contributed by atoms with van der Waals surface area (Å²) in [5, 5.41) is 0. The zero-order valence-electron chi connectivity index (χ0n) is 5.56. The molecule has 8 heavy (non-hydrogen) atoms. The van der Waals surface area contributed by atoms with Crippen LogP contribution in [0.2, 0.25) is 0 Å². The Kier molecular flexibility index (Phi) is 4.67. The summed E-state index contributed by atoms with van der Waals surface area (Å²) in [6.07, 6.45) is 4.32. The zero-order valence-corrected chi connectivity index (χ0v) is 5.56. The Morgan fingerprint density at radius 3 is 2.50 bits per heavy atom. The molecule has 0 aliphatic heterocycles. The summed E-state index contributed by atoms with van der Waals surface area (Å²) in [5.41, 5.74) is 5.40. The minimum atomic E-state index is 0.542. The van der Waals surface area contributed by atoms with Crippen molar-refractivity contribution in [3.05, 3.63) is 12.7 Å². The fraction of sp³-hybridized carbons (Fsp3) is 0.714. The van der Waals surface area contributed by atoms with E-state index in [1.807, 2.05) is 6.08 Å². The van der Waals surface area contributed by atoms with Gasteiger partial charge in [-0.1, -0.05) is 19.4 Å². The summed E-state index contributed by atoms with van der Waals surface area (Å²) < 4.78 is 0. The molecule has 0 aromatic heterocycles. The molecule has 48 valence electrons. The molecule has 1 heteroatoms. The van der Waals surface area contributed by atoms with E-state index < -0.39 is 0 Å². The summed E-state index contributed by atoms with van der Waals surface area (Å²) in [6.45, 7) is 6.58. The van der Waals surface area contributed by atoms with Crippen LogP contribution in [0.15, 0.2) is 12.7 Å². The van der Waals surface area contributed by atoms with E-state index in [9.17, 15) is 0 Å². The highest BCUT2D eigenvalue weighted by Gasteiger charge is 1.96. The maximum Gasteiger partial charge on any atom is -0.00143 e. The predicted molar refractivity (Wildman–Crippen MR) is 37.6 cm³/mol. The lowest BCUT2D eigenvalue weighted by atomic mass is 10.1. The lowest BCUT2D eigenvalue weighted by molar-refractivity contribution is 0.592. The normalized spacial score (nSPS) is 13.2. The van der Waals surface area contributed by atoms with Gasteiger partial charge in [-0.15, -0.1) is 6.58 Å². The van der Waals surface area contributed by atoms with Gasteiger partial charge in [0.2, 0.25) is 0 Å². The van der Waals surface area contributed by atoms with E-state index >= 15 is 0 Å². The molecule has 0 heterocycles. The molecule has 0 amide bonds. The second-order valence-electron chi connectivity index (χ2n) is 2.02. The molecule has 0 rings (SSSR count). The van der Waals surface area contributed by atoms with E-state index in [0.29, 0.717) is 5.92 Å². The summed E-state index contributed by atoms with van der Waals surface area (Å²) in [6, 6.07) is 0. The number of hydrogen-bond acceptors (Lipinski definition) is 1. The third-order valence-electron chi connectivity index (χ3n) is 1.30. The summed E-state index contributed by atoms with van der Waals surface area (Å²) >= 11 is 0. The second-order valence-corrected chi connectivity index (χ2v) is 2.02. The molecule has 0 saturated heterocycles. The van der Waals surface area contributed by atoms with E-state index in [4.69, 9.17) is 5.73 Å². The highest BCUT2D eigenvalue weighted by atomic mass is 14.5. The molecule has 0 spiro atoms. The molecule has 1 nitrogen and oxygen atoms in total. The monoisotopic (exact) mass is 113 g/mol. The first-order valence-corrected chi connectivity index (χ1v) is 3.17. The van der Waals surface area contributed by atoms with E-state index in [0.717, 1.165) is 6.54 Å². The third-order valence-corrected chi connectivity index (χ3v) is 1.30. The quantitative estimate of drug-likeness (QED) is 0.550. The van der Waals surface area contributed by atoms with E-state index in [1.165, 1.54) is 12.8 Å². The first kappa shape index (κ1) is 7.70. The Morgan fingerprint density at radius 1 is 1.75 bits per heavy atom. The van der Waals surface area contributed by atoms with Crippen molar-refractivity contribution in [3.8, 4) is 0 Å². The van der Waals surface area contributed by atoms with Crippen molar-refractivity contribution in [2.24, 2.45) is 11.7 Å². The van der Waals surface area contributed by atoms with Gasteiger partial charge in [-0.2, -0.15) is 0 Å². The topological polar surface area (TPSA) is 26.0 Å². The minimum absolute atomic E-state index is 0.542. The van der Waals surface area contributed by atoms with Crippen LogP contribution in [0.3, 0.4) is 0 Å². The van der Waals surface area contributed by atoms with Gasteiger partial charge >= 0.3 is 0 Å². The van der Waals surface area contributed by atoms with Crippen LogP contribution < -0.4 is 5.73 Å². The first-order chi connectivity index (χ1) is 3.85. The maximum atomic E-state index is 5.40. The molecule has 0 aromatic rings. The van der Waals surface area contributed by atoms with Gasteiger partial charge in [-0.25, -0.2) is 0 Å². The van der Waals surface area contributed by atoms with Crippen LogP contribution in [0, 0.1) is 5.92 Å². The third kappa shape index (κ3) is 2.80. The molecule has 0 saturated carbocycles. The predicted octanol–water partition coefficient (Wildman–Crippen LogP) is 1.55. The van der Waals surface area contributed by atoms with Crippen LogP contribution in [0.4, 0.5) is 0 Å². The molecule has 0 aliphatic rings. The van der Waals surface area contributed by atoms with Crippen molar-refractivity contribution >= 4 is 0 Å². The lowest BCUT2D eigenvalue weighted by Crippen LogP contribution is -2.10. The van der Waals surface area contributed by atoms with Crippen molar-refractivity contribution in [1.82, 2.24) is 0 Å². The van der Waals surface area contributed by atoms with Crippen LogP contribution in [-0.4, -0.2) is 6.54 Å². The lowest BCUT2D eigenvalue weighted by Gasteiger charge is -2.04. The van der Waals surface area contributed by atoms with Crippen LogP contribution in [0.1, 0.15) is 19.8 Å². The largest absolute Gasteiger partial charge is 0.330 e. The zero-order chi connectivity index (χ0) is 6.41. The number of nitrogens with two attached hydrogens (primary N) is 1. The molecule has 0 radical (unpaired) electrons. The minimum Gasteiger partial charge on any atom is -0.330 e. The average molecular weight is 113 g/mol. The van der Waals surface area contributed by atoms with E-state index in [2.05, 4.69) is 13.5 Å². The molecule has 2 N–H and O–H groups in total. The molecule has 0 bridgehead atoms. The molecule has 0 aliphatic carbocycles. The molecular weight excluding hydrogens is 98.1 g/mol. The Hall–Kier alpha value is -0.300. The van der Waals surface area contributed by atoms with Gasteiger partial charge in [0, 0.05) is 0 Å². The van der Waals surface area contributed by atoms with Crippen LogP contribution in [0.25, 0.3) is 0 Å². The van der Waals surface area contributed by atoms with Crippen LogP contribution in [0.5, 0.6) is 0 Å². The smallest absolute Gasteiger partial charge is 0.00143 e. The van der Waals surface area contributed by atoms with Gasteiger partial charge in [0.15, 0.2) is 0 Å². The van der Waals surface area contributed by atoms with Gasteiger partial charge in [0.1, 0.15) is 0 Å². The summed E-state index contributed by atoms with van der Waals surface area (Å²) in [4.78, 5) is 0. The highest BCUT2D eigenvalue weighted by Crippen LogP contribution is 2.03. The van der Waals surface area contributed by atoms with E-state index in [1.54, 1.807) is 0 Å². The second kappa shape index (κ2) is 4.85. The molecule has 1 unspecified atom stereocenters. The Labute approximate surface area is 51.6 Å². The standard InChI is InChI=1S/C7H15N/c1-3-5-7(4-2)6-8/h4,7H,2-3,5-6,8H2,1H3. The van der Waals surface area contributed by atoms with E-state index in [-0.39, 0.29) is 0 Å². The number of hydrogen-bond donors (Lipinski definition) is 1. The van der Waals surface area contributed by atoms with Crippen LogP contribution >= 0.6 is 0 Å². The van der Waals surface area contributed by atoms with Crippen molar-refractivity contribution in [1.29, 1.82) is 0 Å². The Balaban J connectivity index is 3.21. The SMILES string of the molecule is C=CC(CN)CCC. The van der Waals surface area contributed by atoms with Gasteiger partial charge in [-0.3, -0.25) is 0 Å². The Bertz CT molecular complexity index is 59.4. The van der Waals surface area contributed by atoms with Crippen molar-refractivity contribution in [2.75, 3.05) is 6.54 Å². The first-order valence-electron chi connectivity index (χ1n) is 3.17. The molecule has 1 atom stereocenters. The summed E-state index contributed by atoms with van der Waals surface area (Å²) in [7, 11) is 0. The molecule has 0 fully saturated rings. The van der Waals surface area contributed by atoms with Gasteiger partial charge in [0.05, 0.1) is 0 Å². The van der Waals surface area contributed by atoms with Gasteiger partial charge in [-0.05, 0) is 18.9 Å². The van der Waals surface area contributed by atoms with Gasteiger partial charge < -0.3 is 5.73 Å². The Morgan fingerprint density at radius 2 is 2.38 bits per heavy atom. The molecular formula is C7H15N. The molecule has 0 aromatic carbocycles. The fourth-order valence-electron chi connectivity index (χ4n) is 0.703. The summed E-state index contributed by atoms with van der Waals surface area (Å²) in [5.74, 6) is 0.542. The van der Waals surface area contributed by atoms with Crippen molar-refractivity contribution in [3.63, 3.8) is 0 Å². The van der Waals surface area contributed by atoms with Gasteiger partial charge in [0.25, 0.3) is 0 Å². The highest BCUT2D eigenvalue weighted by molar-refractivity contribution is 4.78. The van der Waals surface area contributed by atoms with Crippen molar-refractivity contribution in [2.45, 2.75) is 19.8 Å². The van der Waals surface area contributed by atoms with Crippen LogP contribution in [-0.2, 0) is 0 Å². The fourth-order valence-corrected chi connectivity index (χ4v) is 0.703. The maximum absolute atomic E-state index is 5.40. The van der Waals surface area contributed by atoms with Crippen molar-refractivity contribution < 1.29 is 0 Å². The average Bonchev–Trinajstić information content (AvgIpc) is 1.83. The number of rotatable bonds is 4.